The van der Waals surface area contributed by atoms with E-state index in [-0.39, 0.29) is 0 Å². The van der Waals surface area contributed by atoms with Crippen LogP contribution in [-0.2, 0) is 0 Å². The van der Waals surface area contributed by atoms with Gasteiger partial charge in [-0.3, -0.25) is 0 Å². The molecule has 66 valence electrons. The van der Waals surface area contributed by atoms with E-state index in [1.165, 1.54) is 0 Å². The van der Waals surface area contributed by atoms with Crippen LogP contribution in [-0.4, -0.2) is 17.1 Å². The highest BCUT2D eigenvalue weighted by molar-refractivity contribution is 7.98. The van der Waals surface area contributed by atoms with Crippen molar-refractivity contribution in [3.05, 3.63) is 29.8 Å². The lowest BCUT2D eigenvalue weighted by Gasteiger charge is -2.11. The third kappa shape index (κ3) is 2.16. The summed E-state index contributed by atoms with van der Waals surface area (Å²) >= 11 is 1.61. The molecule has 0 heterocycles. The average molecular weight is 183 g/mol. The Kier molecular flexibility index (Phi) is 3.44. The van der Waals surface area contributed by atoms with Crippen molar-refractivity contribution >= 4 is 17.4 Å². The molecule has 1 aromatic rings. The molecule has 3 N–H and O–H groups in total. The summed E-state index contributed by atoms with van der Waals surface area (Å²) in [6, 6.07) is 7.41. The summed E-state index contributed by atoms with van der Waals surface area (Å²) in [5.74, 6) is 0.689. The van der Waals surface area contributed by atoms with Crippen molar-refractivity contribution in [2.45, 2.75) is 6.10 Å². The number of hydrogen-bond donors (Lipinski definition) is 2. The van der Waals surface area contributed by atoms with Crippen LogP contribution in [0.25, 0.3) is 0 Å². The largest absolute Gasteiger partial charge is 0.398 e. The van der Waals surface area contributed by atoms with Crippen LogP contribution >= 0.6 is 11.8 Å². The number of thioether (sulfide) groups is 1. The number of hydrogen-bond acceptors (Lipinski definition) is 3. The van der Waals surface area contributed by atoms with Crippen LogP contribution in [0.1, 0.15) is 11.7 Å². The summed E-state index contributed by atoms with van der Waals surface area (Å²) in [5, 5.41) is 9.60. The Morgan fingerprint density at radius 1 is 1.50 bits per heavy atom. The second-order valence-corrected chi connectivity index (χ2v) is 3.51. The van der Waals surface area contributed by atoms with Crippen LogP contribution in [0.5, 0.6) is 0 Å². The number of nitrogens with two attached hydrogens (primary N) is 1. The van der Waals surface area contributed by atoms with Gasteiger partial charge in [0.1, 0.15) is 0 Å². The van der Waals surface area contributed by atoms with Crippen LogP contribution in [0, 0.1) is 0 Å². The summed E-state index contributed by atoms with van der Waals surface area (Å²) in [6.45, 7) is 0. The van der Waals surface area contributed by atoms with Gasteiger partial charge in [0.25, 0.3) is 0 Å². The number of benzene rings is 1. The highest BCUT2D eigenvalue weighted by Crippen LogP contribution is 2.21. The van der Waals surface area contributed by atoms with Crippen molar-refractivity contribution in [2.75, 3.05) is 17.7 Å². The van der Waals surface area contributed by atoms with Crippen LogP contribution < -0.4 is 5.73 Å². The van der Waals surface area contributed by atoms with Gasteiger partial charge in [-0.1, -0.05) is 18.2 Å². The highest BCUT2D eigenvalue weighted by Gasteiger charge is 2.08. The summed E-state index contributed by atoms with van der Waals surface area (Å²) in [7, 11) is 0. The second kappa shape index (κ2) is 4.38. The molecule has 0 aliphatic heterocycles. The van der Waals surface area contributed by atoms with Gasteiger partial charge in [-0.05, 0) is 12.3 Å². The first-order chi connectivity index (χ1) is 5.75. The molecule has 2 nitrogen and oxygen atoms in total. The topological polar surface area (TPSA) is 46.2 Å². The zero-order valence-corrected chi connectivity index (χ0v) is 7.84. The SMILES string of the molecule is CSCC(O)c1ccccc1N. The van der Waals surface area contributed by atoms with Crippen molar-refractivity contribution < 1.29 is 5.11 Å². The van der Waals surface area contributed by atoms with Crippen molar-refractivity contribution in [3.63, 3.8) is 0 Å². The zero-order chi connectivity index (χ0) is 8.97. The maximum absolute atomic E-state index is 9.60. The van der Waals surface area contributed by atoms with Crippen molar-refractivity contribution in [2.24, 2.45) is 0 Å². The first-order valence-electron chi connectivity index (χ1n) is 3.77. The van der Waals surface area contributed by atoms with Crippen molar-refractivity contribution in [1.82, 2.24) is 0 Å². The molecule has 3 heteroatoms. The monoisotopic (exact) mass is 183 g/mol. The van der Waals surface area contributed by atoms with Crippen LogP contribution in [0.2, 0.25) is 0 Å². The molecule has 1 rings (SSSR count). The maximum Gasteiger partial charge on any atom is 0.0900 e. The molecule has 0 aliphatic carbocycles. The number of nitrogen functional groups attached to an aromatic ring is 1. The smallest absolute Gasteiger partial charge is 0.0900 e. The van der Waals surface area contributed by atoms with Gasteiger partial charge in [-0.2, -0.15) is 11.8 Å². The average Bonchev–Trinajstić information content (AvgIpc) is 2.05. The quantitative estimate of drug-likeness (QED) is 0.701. The van der Waals surface area contributed by atoms with E-state index in [2.05, 4.69) is 0 Å². The third-order valence-electron chi connectivity index (χ3n) is 1.68. The molecule has 0 amide bonds. The predicted molar refractivity (Wildman–Crippen MR) is 54.2 cm³/mol. The van der Waals surface area contributed by atoms with Gasteiger partial charge in [-0.15, -0.1) is 0 Å². The minimum Gasteiger partial charge on any atom is -0.398 e. The zero-order valence-electron chi connectivity index (χ0n) is 7.03. The Balaban J connectivity index is 2.79. The molecule has 0 aliphatic rings. The maximum atomic E-state index is 9.60. The van der Waals surface area contributed by atoms with Gasteiger partial charge >= 0.3 is 0 Å². The van der Waals surface area contributed by atoms with Gasteiger partial charge < -0.3 is 10.8 Å². The number of aliphatic hydroxyl groups is 1. The van der Waals surface area contributed by atoms with Gasteiger partial charge in [0.15, 0.2) is 0 Å². The second-order valence-electron chi connectivity index (χ2n) is 2.60. The summed E-state index contributed by atoms with van der Waals surface area (Å²) in [6.07, 6.45) is 1.52. The minimum atomic E-state index is -0.443. The molecule has 1 aromatic carbocycles. The molecular weight excluding hydrogens is 170 g/mol. The molecule has 12 heavy (non-hydrogen) atoms. The Labute approximate surface area is 76.8 Å². The van der Waals surface area contributed by atoms with Gasteiger partial charge in [-0.25, -0.2) is 0 Å². The van der Waals surface area contributed by atoms with E-state index in [9.17, 15) is 5.11 Å². The number of rotatable bonds is 3. The summed E-state index contributed by atoms with van der Waals surface area (Å²) in [5.41, 5.74) is 7.17. The Hall–Kier alpha value is -0.670. The summed E-state index contributed by atoms with van der Waals surface area (Å²) in [4.78, 5) is 0. The number of para-hydroxylation sites is 1. The molecule has 0 saturated carbocycles. The molecule has 0 saturated heterocycles. The normalized spacial score (nSPS) is 12.8. The fraction of sp³-hybridized carbons (Fsp3) is 0.333. The molecule has 0 fully saturated rings. The van der Waals surface area contributed by atoms with Gasteiger partial charge in [0.05, 0.1) is 6.10 Å². The van der Waals surface area contributed by atoms with E-state index in [1.807, 2.05) is 24.5 Å². The van der Waals surface area contributed by atoms with E-state index < -0.39 is 6.10 Å². The molecule has 1 unspecified atom stereocenters. The van der Waals surface area contributed by atoms with E-state index >= 15 is 0 Å². The van der Waals surface area contributed by atoms with Gasteiger partial charge in [0, 0.05) is 17.0 Å². The van der Waals surface area contributed by atoms with Crippen molar-refractivity contribution in [1.29, 1.82) is 0 Å². The predicted octanol–water partition coefficient (Wildman–Crippen LogP) is 1.67. The Morgan fingerprint density at radius 3 is 2.75 bits per heavy atom. The minimum absolute atomic E-state index is 0.443. The number of anilines is 1. The molecule has 1 atom stereocenters. The lowest BCUT2D eigenvalue weighted by Crippen LogP contribution is -2.03. The Bertz CT molecular complexity index is 252. The van der Waals surface area contributed by atoms with Gasteiger partial charge in [0.2, 0.25) is 0 Å². The van der Waals surface area contributed by atoms with Crippen LogP contribution in [0.15, 0.2) is 24.3 Å². The molecule has 0 bridgehead atoms. The van der Waals surface area contributed by atoms with E-state index in [0.29, 0.717) is 11.4 Å². The highest BCUT2D eigenvalue weighted by atomic mass is 32.2. The standard InChI is InChI=1S/C9H13NOS/c1-12-6-9(11)7-4-2-3-5-8(7)10/h2-5,9,11H,6,10H2,1H3. The molecular formula is C9H13NOS. The lowest BCUT2D eigenvalue weighted by atomic mass is 10.1. The fourth-order valence-electron chi connectivity index (χ4n) is 1.06. The Morgan fingerprint density at radius 2 is 2.17 bits per heavy atom. The van der Waals surface area contributed by atoms with Crippen LogP contribution in [0.3, 0.4) is 0 Å². The van der Waals surface area contributed by atoms with Crippen molar-refractivity contribution in [3.8, 4) is 0 Å². The first kappa shape index (κ1) is 9.42. The van der Waals surface area contributed by atoms with E-state index in [1.54, 1.807) is 17.8 Å². The fourth-order valence-corrected chi connectivity index (χ4v) is 1.56. The first-order valence-corrected chi connectivity index (χ1v) is 5.16. The molecule has 0 aromatic heterocycles. The number of aliphatic hydroxyl groups excluding tert-OH is 1. The van der Waals surface area contributed by atoms with Crippen LogP contribution in [0.4, 0.5) is 5.69 Å². The summed E-state index contributed by atoms with van der Waals surface area (Å²) < 4.78 is 0. The molecule has 0 spiro atoms. The molecule has 0 radical (unpaired) electrons. The van der Waals surface area contributed by atoms with E-state index in [4.69, 9.17) is 5.73 Å². The lowest BCUT2D eigenvalue weighted by molar-refractivity contribution is 0.205. The van der Waals surface area contributed by atoms with E-state index in [0.717, 1.165) is 5.56 Å². The third-order valence-corrected chi connectivity index (χ3v) is 2.33.